The van der Waals surface area contributed by atoms with Crippen LogP contribution < -0.4 is 5.73 Å². The summed E-state index contributed by atoms with van der Waals surface area (Å²) in [5.74, 6) is 0.0347. The van der Waals surface area contributed by atoms with Crippen LogP contribution in [0.4, 0.5) is 5.69 Å². The van der Waals surface area contributed by atoms with Gasteiger partial charge in [-0.15, -0.1) is 17.0 Å². The zero-order chi connectivity index (χ0) is 5.98. The molecule has 3 N–H and O–H groups in total. The highest BCUT2D eigenvalue weighted by atomic mass is 79.9. The van der Waals surface area contributed by atoms with E-state index in [0.29, 0.717) is 5.69 Å². The Morgan fingerprint density at radius 2 is 2.22 bits per heavy atom. The van der Waals surface area contributed by atoms with E-state index in [1.54, 1.807) is 0 Å². The first-order valence-electron chi connectivity index (χ1n) is 2.19. The molecule has 0 aromatic carbocycles. The Morgan fingerprint density at radius 1 is 1.56 bits per heavy atom. The SMILES string of the molecule is Br.Nc1ccncc1O. The molecular weight excluding hydrogens is 184 g/mol. The van der Waals surface area contributed by atoms with E-state index < -0.39 is 0 Å². The molecule has 0 aliphatic carbocycles. The molecule has 1 heterocycles. The number of aromatic hydroxyl groups is 1. The zero-order valence-corrected chi connectivity index (χ0v) is 6.33. The second kappa shape index (κ2) is 3.29. The first-order chi connectivity index (χ1) is 3.80. The summed E-state index contributed by atoms with van der Waals surface area (Å²) in [6.07, 6.45) is 2.82. The largest absolute Gasteiger partial charge is 0.504 e. The maximum absolute atomic E-state index is 8.73. The molecule has 0 amide bonds. The molecule has 0 saturated heterocycles. The molecule has 4 heteroatoms. The van der Waals surface area contributed by atoms with Crippen LogP contribution in [-0.2, 0) is 0 Å². The van der Waals surface area contributed by atoms with Crippen molar-refractivity contribution < 1.29 is 5.11 Å². The molecule has 0 saturated carbocycles. The van der Waals surface area contributed by atoms with Crippen molar-refractivity contribution in [3.05, 3.63) is 18.5 Å². The van der Waals surface area contributed by atoms with Gasteiger partial charge in [0.1, 0.15) is 0 Å². The van der Waals surface area contributed by atoms with Crippen molar-refractivity contribution in [3.8, 4) is 5.75 Å². The van der Waals surface area contributed by atoms with E-state index in [1.165, 1.54) is 18.5 Å². The summed E-state index contributed by atoms with van der Waals surface area (Å²) < 4.78 is 0. The van der Waals surface area contributed by atoms with Gasteiger partial charge in [-0.25, -0.2) is 0 Å². The lowest BCUT2D eigenvalue weighted by Gasteiger charge is -1.91. The van der Waals surface area contributed by atoms with Gasteiger partial charge in [0.2, 0.25) is 0 Å². The van der Waals surface area contributed by atoms with Crippen LogP contribution >= 0.6 is 17.0 Å². The summed E-state index contributed by atoms with van der Waals surface area (Å²) in [5, 5.41) is 8.73. The van der Waals surface area contributed by atoms with Crippen molar-refractivity contribution in [2.24, 2.45) is 0 Å². The van der Waals surface area contributed by atoms with Crippen molar-refractivity contribution in [3.63, 3.8) is 0 Å². The molecule has 0 aliphatic heterocycles. The molecule has 0 atom stereocenters. The number of halogens is 1. The number of nitrogens with zero attached hydrogens (tertiary/aromatic N) is 1. The molecule has 0 unspecified atom stereocenters. The first-order valence-corrected chi connectivity index (χ1v) is 2.19. The standard InChI is InChI=1S/C5H6N2O.BrH/c6-4-1-2-7-3-5(4)8;/h1-3,8H,(H2,6,7);1H. The molecule has 9 heavy (non-hydrogen) atoms. The summed E-state index contributed by atoms with van der Waals surface area (Å²) in [6, 6.07) is 1.54. The predicted molar refractivity (Wildman–Crippen MR) is 40.6 cm³/mol. The lowest BCUT2D eigenvalue weighted by Crippen LogP contribution is -1.84. The minimum Gasteiger partial charge on any atom is -0.504 e. The van der Waals surface area contributed by atoms with E-state index in [-0.39, 0.29) is 22.7 Å². The third kappa shape index (κ3) is 1.89. The number of hydrogen-bond acceptors (Lipinski definition) is 3. The molecule has 0 radical (unpaired) electrons. The predicted octanol–water partition coefficient (Wildman–Crippen LogP) is 0.947. The number of rotatable bonds is 0. The van der Waals surface area contributed by atoms with E-state index in [0.717, 1.165) is 0 Å². The van der Waals surface area contributed by atoms with Gasteiger partial charge in [-0.2, -0.15) is 0 Å². The van der Waals surface area contributed by atoms with Crippen LogP contribution in [0.1, 0.15) is 0 Å². The van der Waals surface area contributed by atoms with Crippen LogP contribution in [0.25, 0.3) is 0 Å². The Bertz CT molecular complexity index is 171. The summed E-state index contributed by atoms with van der Waals surface area (Å²) >= 11 is 0. The lowest BCUT2D eigenvalue weighted by molar-refractivity contribution is 0.475. The highest BCUT2D eigenvalue weighted by Crippen LogP contribution is 2.14. The van der Waals surface area contributed by atoms with Gasteiger partial charge in [0, 0.05) is 6.20 Å². The average molecular weight is 191 g/mol. The average Bonchev–Trinajstić information content (AvgIpc) is 1.77. The van der Waals surface area contributed by atoms with E-state index in [2.05, 4.69) is 4.98 Å². The summed E-state index contributed by atoms with van der Waals surface area (Å²) in [5.41, 5.74) is 5.59. The molecule has 0 bridgehead atoms. The van der Waals surface area contributed by atoms with Crippen LogP contribution in [-0.4, -0.2) is 10.1 Å². The van der Waals surface area contributed by atoms with Crippen LogP contribution in [0.5, 0.6) is 5.75 Å². The molecule has 50 valence electrons. The number of nitrogen functional groups attached to an aromatic ring is 1. The van der Waals surface area contributed by atoms with Crippen molar-refractivity contribution in [1.29, 1.82) is 0 Å². The van der Waals surface area contributed by atoms with Gasteiger partial charge in [-0.3, -0.25) is 4.98 Å². The highest BCUT2D eigenvalue weighted by molar-refractivity contribution is 8.93. The number of aromatic nitrogens is 1. The number of pyridine rings is 1. The van der Waals surface area contributed by atoms with E-state index in [9.17, 15) is 0 Å². The third-order valence-electron chi connectivity index (χ3n) is 0.833. The molecule has 0 fully saturated rings. The number of anilines is 1. The zero-order valence-electron chi connectivity index (χ0n) is 4.61. The fraction of sp³-hybridized carbons (Fsp3) is 0. The quantitative estimate of drug-likeness (QED) is 0.641. The van der Waals surface area contributed by atoms with E-state index in [1.807, 2.05) is 0 Å². The molecule has 3 nitrogen and oxygen atoms in total. The normalized spacial score (nSPS) is 8.00. The highest BCUT2D eigenvalue weighted by Gasteiger charge is 1.89. The Kier molecular flexibility index (Phi) is 3.01. The minimum absolute atomic E-state index is 0. The van der Waals surface area contributed by atoms with Crippen molar-refractivity contribution in [1.82, 2.24) is 4.98 Å². The minimum atomic E-state index is 0. The molecule has 0 aliphatic rings. The maximum atomic E-state index is 8.73. The second-order valence-electron chi connectivity index (χ2n) is 1.43. The van der Waals surface area contributed by atoms with Gasteiger partial charge in [0.15, 0.2) is 5.75 Å². The fourth-order valence-electron chi connectivity index (χ4n) is 0.397. The molecule has 1 aromatic heterocycles. The number of nitrogens with two attached hydrogens (primary N) is 1. The summed E-state index contributed by atoms with van der Waals surface area (Å²) in [7, 11) is 0. The van der Waals surface area contributed by atoms with Crippen molar-refractivity contribution in [2.75, 3.05) is 5.73 Å². The molecular formula is C5H7BrN2O. The fourth-order valence-corrected chi connectivity index (χ4v) is 0.397. The third-order valence-corrected chi connectivity index (χ3v) is 0.833. The van der Waals surface area contributed by atoms with Gasteiger partial charge < -0.3 is 10.8 Å². The monoisotopic (exact) mass is 190 g/mol. The Balaban J connectivity index is 0.000000640. The van der Waals surface area contributed by atoms with Crippen LogP contribution in [0.3, 0.4) is 0 Å². The van der Waals surface area contributed by atoms with Crippen LogP contribution in [0.2, 0.25) is 0 Å². The summed E-state index contributed by atoms with van der Waals surface area (Å²) in [6.45, 7) is 0. The Labute approximate surface area is 63.3 Å². The van der Waals surface area contributed by atoms with Gasteiger partial charge in [0.25, 0.3) is 0 Å². The Morgan fingerprint density at radius 3 is 2.56 bits per heavy atom. The van der Waals surface area contributed by atoms with Gasteiger partial charge in [-0.05, 0) is 6.07 Å². The van der Waals surface area contributed by atoms with Crippen molar-refractivity contribution in [2.45, 2.75) is 0 Å². The maximum Gasteiger partial charge on any atom is 0.156 e. The van der Waals surface area contributed by atoms with Gasteiger partial charge >= 0.3 is 0 Å². The lowest BCUT2D eigenvalue weighted by atomic mass is 10.4. The Hall–Kier alpha value is -0.770. The van der Waals surface area contributed by atoms with Gasteiger partial charge in [0.05, 0.1) is 11.9 Å². The summed E-state index contributed by atoms with van der Waals surface area (Å²) in [4.78, 5) is 3.62. The second-order valence-corrected chi connectivity index (χ2v) is 1.43. The first kappa shape index (κ1) is 8.23. The van der Waals surface area contributed by atoms with Crippen LogP contribution in [0, 0.1) is 0 Å². The number of hydrogen-bond donors (Lipinski definition) is 2. The van der Waals surface area contributed by atoms with E-state index in [4.69, 9.17) is 10.8 Å². The van der Waals surface area contributed by atoms with Crippen molar-refractivity contribution >= 4 is 22.7 Å². The topological polar surface area (TPSA) is 59.1 Å². The van der Waals surface area contributed by atoms with Crippen LogP contribution in [0.15, 0.2) is 18.5 Å². The smallest absolute Gasteiger partial charge is 0.156 e. The van der Waals surface area contributed by atoms with Gasteiger partial charge in [-0.1, -0.05) is 0 Å². The van der Waals surface area contributed by atoms with E-state index >= 15 is 0 Å². The molecule has 1 aromatic rings. The molecule has 0 spiro atoms. The molecule has 1 rings (SSSR count).